The van der Waals surface area contributed by atoms with Crippen LogP contribution in [0.1, 0.15) is 0 Å². The number of rotatable bonds is 3. The lowest BCUT2D eigenvalue weighted by Crippen LogP contribution is -2.54. The third-order valence-corrected chi connectivity index (χ3v) is 2.26. The zero-order valence-corrected chi connectivity index (χ0v) is 8.32. The molecule has 0 amide bonds. The predicted molar refractivity (Wildman–Crippen MR) is 54.4 cm³/mol. The molecule has 2 N–H and O–H groups in total. The molecule has 2 heterocycles. The number of halogens is 1. The molecule has 15 heavy (non-hydrogen) atoms. The molecule has 2 rings (SSSR count). The maximum Gasteiger partial charge on any atom is 0.163 e. The molecule has 82 valence electrons. The third kappa shape index (κ3) is 3.14. The maximum absolute atomic E-state index is 12.7. The number of nitrogens with zero attached hydrogens (tertiary/aromatic N) is 1. The van der Waals surface area contributed by atoms with Gasteiger partial charge in [-0.1, -0.05) is 0 Å². The van der Waals surface area contributed by atoms with Gasteiger partial charge in [-0.25, -0.2) is 4.39 Å². The molecule has 2 unspecified atom stereocenters. The topological polar surface area (TPSA) is 46.2 Å². The van der Waals surface area contributed by atoms with Gasteiger partial charge in [-0.2, -0.15) is 0 Å². The van der Waals surface area contributed by atoms with Crippen LogP contribution in [-0.4, -0.2) is 37.0 Å². The minimum atomic E-state index is -0.945. The molecule has 5 heteroatoms. The fraction of sp³-hybridized carbons (Fsp3) is 0.500. The summed E-state index contributed by atoms with van der Waals surface area (Å²) in [6.07, 6.45) is 2.41. The van der Waals surface area contributed by atoms with Crippen molar-refractivity contribution in [2.24, 2.45) is 0 Å². The molecule has 0 radical (unpaired) electrons. The van der Waals surface area contributed by atoms with E-state index in [1.54, 1.807) is 12.4 Å². The van der Waals surface area contributed by atoms with Gasteiger partial charge in [0.2, 0.25) is 0 Å². The molecule has 1 fully saturated rings. The van der Waals surface area contributed by atoms with Crippen molar-refractivity contribution in [3.63, 3.8) is 0 Å². The van der Waals surface area contributed by atoms with Crippen molar-refractivity contribution in [1.29, 1.82) is 0 Å². The van der Waals surface area contributed by atoms with E-state index < -0.39 is 6.30 Å². The number of piperazine rings is 1. The van der Waals surface area contributed by atoms with E-state index in [4.69, 9.17) is 4.74 Å². The molecule has 0 spiro atoms. The first-order chi connectivity index (χ1) is 7.34. The molecule has 4 nitrogen and oxygen atoms in total. The summed E-state index contributed by atoms with van der Waals surface area (Å²) in [5.74, 6) is 0.738. The van der Waals surface area contributed by atoms with Crippen LogP contribution in [-0.2, 0) is 0 Å². The van der Waals surface area contributed by atoms with Crippen LogP contribution < -0.4 is 15.4 Å². The molecule has 0 aromatic carbocycles. The molecule has 1 aliphatic heterocycles. The second-order valence-electron chi connectivity index (χ2n) is 3.48. The summed E-state index contributed by atoms with van der Waals surface area (Å²) in [5.41, 5.74) is 0. The Bertz CT molecular complexity index is 288. The number of hydrogen-bond donors (Lipinski definition) is 2. The maximum atomic E-state index is 12.7. The summed E-state index contributed by atoms with van der Waals surface area (Å²) >= 11 is 0. The van der Waals surface area contributed by atoms with Gasteiger partial charge < -0.3 is 10.1 Å². The van der Waals surface area contributed by atoms with Gasteiger partial charge in [0, 0.05) is 19.3 Å². The second kappa shape index (κ2) is 5.04. The highest BCUT2D eigenvalue weighted by molar-refractivity contribution is 5.15. The van der Waals surface area contributed by atoms with E-state index in [2.05, 4.69) is 15.6 Å². The van der Waals surface area contributed by atoms with Gasteiger partial charge >= 0.3 is 0 Å². The smallest absolute Gasteiger partial charge is 0.163 e. The van der Waals surface area contributed by atoms with Gasteiger partial charge in [-0.05, 0) is 12.1 Å². The fourth-order valence-electron chi connectivity index (χ4n) is 1.43. The predicted octanol–water partition coefficient (Wildman–Crippen LogP) is 0.317. The lowest BCUT2D eigenvalue weighted by Gasteiger charge is -2.26. The van der Waals surface area contributed by atoms with E-state index in [0.29, 0.717) is 19.7 Å². The van der Waals surface area contributed by atoms with Gasteiger partial charge in [-0.3, -0.25) is 10.3 Å². The summed E-state index contributed by atoms with van der Waals surface area (Å²) in [6, 6.07) is 3.82. The van der Waals surface area contributed by atoms with E-state index in [-0.39, 0.29) is 6.04 Å². The Labute approximate surface area is 87.8 Å². The molecule has 0 aliphatic carbocycles. The quantitative estimate of drug-likeness (QED) is 0.707. The van der Waals surface area contributed by atoms with Crippen LogP contribution in [0.15, 0.2) is 24.5 Å². The Kier molecular flexibility index (Phi) is 3.47. The van der Waals surface area contributed by atoms with Crippen LogP contribution >= 0.6 is 0 Å². The van der Waals surface area contributed by atoms with Crippen molar-refractivity contribution >= 4 is 0 Å². The Balaban J connectivity index is 1.74. The first-order valence-electron chi connectivity index (χ1n) is 4.98. The molecule has 1 aliphatic rings. The summed E-state index contributed by atoms with van der Waals surface area (Å²) in [7, 11) is 0. The van der Waals surface area contributed by atoms with Crippen molar-refractivity contribution in [3.8, 4) is 5.75 Å². The van der Waals surface area contributed by atoms with Crippen LogP contribution in [0.4, 0.5) is 4.39 Å². The second-order valence-corrected chi connectivity index (χ2v) is 3.48. The number of ether oxygens (including phenoxy) is 1. The molecular formula is C10H14FN3O. The molecule has 1 aromatic rings. The Morgan fingerprint density at radius 2 is 2.40 bits per heavy atom. The summed E-state index contributed by atoms with van der Waals surface area (Å²) in [4.78, 5) is 3.94. The fourth-order valence-corrected chi connectivity index (χ4v) is 1.43. The molecule has 0 bridgehead atoms. The Morgan fingerprint density at radius 1 is 1.47 bits per heavy atom. The van der Waals surface area contributed by atoms with Crippen molar-refractivity contribution in [1.82, 2.24) is 15.6 Å². The summed E-state index contributed by atoms with van der Waals surface area (Å²) in [6.45, 7) is 1.44. The molecule has 1 saturated heterocycles. The van der Waals surface area contributed by atoms with Crippen LogP contribution in [0.5, 0.6) is 5.75 Å². The summed E-state index contributed by atoms with van der Waals surface area (Å²) < 4.78 is 18.2. The number of aromatic nitrogens is 1. The highest BCUT2D eigenvalue weighted by atomic mass is 19.1. The van der Waals surface area contributed by atoms with E-state index in [9.17, 15) is 4.39 Å². The lowest BCUT2D eigenvalue weighted by atomic mass is 10.2. The molecule has 2 atom stereocenters. The van der Waals surface area contributed by atoms with Gasteiger partial charge in [-0.15, -0.1) is 0 Å². The van der Waals surface area contributed by atoms with Crippen molar-refractivity contribution in [3.05, 3.63) is 24.5 Å². The van der Waals surface area contributed by atoms with Crippen molar-refractivity contribution < 1.29 is 9.13 Å². The van der Waals surface area contributed by atoms with E-state index in [1.807, 2.05) is 12.1 Å². The van der Waals surface area contributed by atoms with Gasteiger partial charge in [0.25, 0.3) is 0 Å². The number of pyridine rings is 1. The normalized spacial score (nSPS) is 26.2. The van der Waals surface area contributed by atoms with Crippen LogP contribution in [0, 0.1) is 0 Å². The highest BCUT2D eigenvalue weighted by Gasteiger charge is 2.18. The third-order valence-electron chi connectivity index (χ3n) is 2.26. The zero-order chi connectivity index (χ0) is 10.5. The highest BCUT2D eigenvalue weighted by Crippen LogP contribution is 2.06. The average Bonchev–Trinajstić information content (AvgIpc) is 2.30. The van der Waals surface area contributed by atoms with E-state index in [1.165, 1.54) is 0 Å². The Morgan fingerprint density at radius 3 is 3.07 bits per heavy atom. The standard InChI is InChI=1S/C10H14FN3O/c11-10-6-13-8(4-14-10)7-15-9-2-1-3-12-5-9/h1-3,5,8,10,13-14H,4,6-7H2. The molecule has 0 saturated carbocycles. The number of hydrogen-bond acceptors (Lipinski definition) is 4. The first kappa shape index (κ1) is 10.3. The van der Waals surface area contributed by atoms with Crippen LogP contribution in [0.3, 0.4) is 0 Å². The van der Waals surface area contributed by atoms with E-state index >= 15 is 0 Å². The minimum Gasteiger partial charge on any atom is -0.490 e. The average molecular weight is 211 g/mol. The van der Waals surface area contributed by atoms with E-state index in [0.717, 1.165) is 5.75 Å². The summed E-state index contributed by atoms with van der Waals surface area (Å²) in [5, 5.41) is 5.80. The number of nitrogens with one attached hydrogen (secondary N) is 2. The molecular weight excluding hydrogens is 197 g/mol. The lowest BCUT2D eigenvalue weighted by molar-refractivity contribution is 0.173. The van der Waals surface area contributed by atoms with Gasteiger partial charge in [0.05, 0.1) is 12.2 Å². The first-order valence-corrected chi connectivity index (χ1v) is 4.98. The molecule has 1 aromatic heterocycles. The Hall–Kier alpha value is -1.20. The van der Waals surface area contributed by atoms with Crippen molar-refractivity contribution in [2.75, 3.05) is 19.7 Å². The van der Waals surface area contributed by atoms with Crippen LogP contribution in [0.25, 0.3) is 0 Å². The largest absolute Gasteiger partial charge is 0.490 e. The van der Waals surface area contributed by atoms with Gasteiger partial charge in [0.15, 0.2) is 6.30 Å². The van der Waals surface area contributed by atoms with Gasteiger partial charge in [0.1, 0.15) is 12.4 Å². The number of alkyl halides is 1. The van der Waals surface area contributed by atoms with Crippen LogP contribution in [0.2, 0.25) is 0 Å². The van der Waals surface area contributed by atoms with Crippen molar-refractivity contribution in [2.45, 2.75) is 12.3 Å². The SMILES string of the molecule is FC1CNC(COc2cccnc2)CN1. The minimum absolute atomic E-state index is 0.150. The monoisotopic (exact) mass is 211 g/mol. The zero-order valence-electron chi connectivity index (χ0n) is 8.32.